The normalized spacial score (nSPS) is 9.77. The SMILES string of the molecule is COc1cc(O)c(N)c(OC)c1Cl. The third kappa shape index (κ3) is 1.58. The van der Waals surface area contributed by atoms with Crippen LogP contribution in [0.15, 0.2) is 6.07 Å². The van der Waals surface area contributed by atoms with Crippen molar-refractivity contribution in [2.75, 3.05) is 20.0 Å². The Labute approximate surface area is 80.8 Å². The van der Waals surface area contributed by atoms with Crippen LogP contribution >= 0.6 is 11.6 Å². The predicted molar refractivity (Wildman–Crippen MR) is 50.6 cm³/mol. The van der Waals surface area contributed by atoms with Crippen LogP contribution in [0.4, 0.5) is 5.69 Å². The molecule has 0 bridgehead atoms. The first-order valence-corrected chi connectivity index (χ1v) is 3.88. The minimum Gasteiger partial charge on any atom is -0.505 e. The van der Waals surface area contributed by atoms with E-state index in [-0.39, 0.29) is 22.2 Å². The van der Waals surface area contributed by atoms with E-state index in [1.54, 1.807) is 0 Å². The van der Waals surface area contributed by atoms with Crippen LogP contribution in [0.3, 0.4) is 0 Å². The molecule has 0 aromatic heterocycles. The molecule has 0 fully saturated rings. The Morgan fingerprint density at radius 1 is 1.38 bits per heavy atom. The molecule has 0 amide bonds. The van der Waals surface area contributed by atoms with Gasteiger partial charge in [0.05, 0.1) is 14.2 Å². The van der Waals surface area contributed by atoms with E-state index < -0.39 is 0 Å². The van der Waals surface area contributed by atoms with Crippen molar-refractivity contribution in [2.24, 2.45) is 0 Å². The fourth-order valence-corrected chi connectivity index (χ4v) is 1.27. The van der Waals surface area contributed by atoms with Crippen LogP contribution in [0.1, 0.15) is 0 Å². The lowest BCUT2D eigenvalue weighted by molar-refractivity contribution is 0.387. The molecular weight excluding hydrogens is 194 g/mol. The number of hydrogen-bond acceptors (Lipinski definition) is 4. The van der Waals surface area contributed by atoms with Gasteiger partial charge in [-0.3, -0.25) is 0 Å². The molecule has 0 atom stereocenters. The Balaban J connectivity index is 3.39. The summed E-state index contributed by atoms with van der Waals surface area (Å²) < 4.78 is 9.80. The first kappa shape index (κ1) is 9.80. The maximum atomic E-state index is 9.32. The largest absolute Gasteiger partial charge is 0.505 e. The van der Waals surface area contributed by atoms with E-state index >= 15 is 0 Å². The maximum Gasteiger partial charge on any atom is 0.167 e. The van der Waals surface area contributed by atoms with Gasteiger partial charge in [0.2, 0.25) is 0 Å². The Morgan fingerprint density at radius 2 is 2.00 bits per heavy atom. The van der Waals surface area contributed by atoms with Crippen LogP contribution < -0.4 is 15.2 Å². The second-order valence-corrected chi connectivity index (χ2v) is 2.74. The third-order valence-corrected chi connectivity index (χ3v) is 1.99. The zero-order chi connectivity index (χ0) is 10.0. The average molecular weight is 204 g/mol. The zero-order valence-electron chi connectivity index (χ0n) is 7.30. The van der Waals surface area contributed by atoms with Crippen molar-refractivity contribution in [1.82, 2.24) is 0 Å². The molecule has 0 aliphatic carbocycles. The molecule has 0 aliphatic heterocycles. The summed E-state index contributed by atoms with van der Waals surface area (Å²) in [5.41, 5.74) is 5.61. The van der Waals surface area contributed by atoms with Crippen LogP contribution in [-0.2, 0) is 0 Å². The minimum atomic E-state index is -0.113. The summed E-state index contributed by atoms with van der Waals surface area (Å²) >= 11 is 5.85. The highest BCUT2D eigenvalue weighted by molar-refractivity contribution is 6.34. The van der Waals surface area contributed by atoms with Gasteiger partial charge in [0.1, 0.15) is 22.2 Å². The smallest absolute Gasteiger partial charge is 0.167 e. The first-order valence-electron chi connectivity index (χ1n) is 3.50. The Bertz CT molecular complexity index is 328. The molecule has 3 N–H and O–H groups in total. The standard InChI is InChI=1S/C8H10ClNO3/c1-12-5-3-4(11)7(10)8(13-2)6(5)9/h3,11H,10H2,1-2H3. The number of phenols is 1. The molecule has 0 spiro atoms. The number of nitrogens with two attached hydrogens (primary N) is 1. The molecule has 1 aromatic carbocycles. The van der Waals surface area contributed by atoms with E-state index in [1.165, 1.54) is 20.3 Å². The summed E-state index contributed by atoms with van der Waals surface area (Å²) in [6.45, 7) is 0. The van der Waals surface area contributed by atoms with E-state index in [0.717, 1.165) is 0 Å². The average Bonchev–Trinajstić information content (AvgIpc) is 2.12. The number of rotatable bonds is 2. The Kier molecular flexibility index (Phi) is 2.72. The summed E-state index contributed by atoms with van der Waals surface area (Å²) in [7, 11) is 2.85. The first-order chi connectivity index (χ1) is 6.11. The molecule has 0 aliphatic rings. The number of methoxy groups -OCH3 is 2. The van der Waals surface area contributed by atoms with Crippen LogP contribution in [0.5, 0.6) is 17.2 Å². The Morgan fingerprint density at radius 3 is 2.46 bits per heavy atom. The third-order valence-electron chi connectivity index (χ3n) is 1.63. The van der Waals surface area contributed by atoms with E-state index in [9.17, 15) is 5.11 Å². The topological polar surface area (TPSA) is 64.7 Å². The molecule has 4 nitrogen and oxygen atoms in total. The molecule has 72 valence electrons. The number of phenolic OH excluding ortho intramolecular Hbond substituents is 1. The fourth-order valence-electron chi connectivity index (χ4n) is 0.960. The Hall–Kier alpha value is -1.29. The van der Waals surface area contributed by atoms with Crippen molar-refractivity contribution in [3.63, 3.8) is 0 Å². The van der Waals surface area contributed by atoms with Gasteiger partial charge < -0.3 is 20.3 Å². The lowest BCUT2D eigenvalue weighted by Crippen LogP contribution is -1.96. The maximum absolute atomic E-state index is 9.32. The predicted octanol–water partition coefficient (Wildman–Crippen LogP) is 1.64. The van der Waals surface area contributed by atoms with Crippen molar-refractivity contribution in [1.29, 1.82) is 0 Å². The van der Waals surface area contributed by atoms with Crippen molar-refractivity contribution in [2.45, 2.75) is 0 Å². The van der Waals surface area contributed by atoms with Gasteiger partial charge in [-0.2, -0.15) is 0 Å². The fraction of sp³-hybridized carbons (Fsp3) is 0.250. The number of aromatic hydroxyl groups is 1. The van der Waals surface area contributed by atoms with E-state index in [0.29, 0.717) is 5.75 Å². The molecule has 5 heteroatoms. The van der Waals surface area contributed by atoms with Crippen LogP contribution in [-0.4, -0.2) is 19.3 Å². The zero-order valence-corrected chi connectivity index (χ0v) is 8.05. The van der Waals surface area contributed by atoms with E-state index in [2.05, 4.69) is 0 Å². The number of benzene rings is 1. The molecular formula is C8H10ClNO3. The van der Waals surface area contributed by atoms with E-state index in [1.807, 2.05) is 0 Å². The van der Waals surface area contributed by atoms with Crippen LogP contribution in [0.2, 0.25) is 5.02 Å². The summed E-state index contributed by atoms with van der Waals surface area (Å²) in [4.78, 5) is 0. The number of nitrogen functional groups attached to an aromatic ring is 1. The second-order valence-electron chi connectivity index (χ2n) is 2.36. The summed E-state index contributed by atoms with van der Waals surface area (Å²) in [5, 5.41) is 9.57. The van der Waals surface area contributed by atoms with E-state index in [4.69, 9.17) is 26.8 Å². The molecule has 0 unspecified atom stereocenters. The highest BCUT2D eigenvalue weighted by Gasteiger charge is 2.15. The van der Waals surface area contributed by atoms with Crippen molar-refractivity contribution >= 4 is 17.3 Å². The van der Waals surface area contributed by atoms with Gasteiger partial charge in [-0.15, -0.1) is 0 Å². The van der Waals surface area contributed by atoms with Crippen LogP contribution in [0, 0.1) is 0 Å². The summed E-state index contributed by atoms with van der Waals surface area (Å²) in [6, 6.07) is 1.33. The molecule has 13 heavy (non-hydrogen) atoms. The van der Waals surface area contributed by atoms with Gasteiger partial charge in [-0.05, 0) is 0 Å². The van der Waals surface area contributed by atoms with Gasteiger partial charge in [-0.25, -0.2) is 0 Å². The molecule has 1 rings (SSSR count). The van der Waals surface area contributed by atoms with Gasteiger partial charge in [-0.1, -0.05) is 11.6 Å². The minimum absolute atomic E-state index is 0.105. The number of hydrogen-bond donors (Lipinski definition) is 2. The molecule has 0 radical (unpaired) electrons. The van der Waals surface area contributed by atoms with Gasteiger partial charge >= 0.3 is 0 Å². The van der Waals surface area contributed by atoms with Crippen LogP contribution in [0.25, 0.3) is 0 Å². The lowest BCUT2D eigenvalue weighted by atomic mass is 10.2. The van der Waals surface area contributed by atoms with Crippen molar-refractivity contribution < 1.29 is 14.6 Å². The highest BCUT2D eigenvalue weighted by atomic mass is 35.5. The molecule has 1 aromatic rings. The van der Waals surface area contributed by atoms with Gasteiger partial charge in [0.15, 0.2) is 5.75 Å². The van der Waals surface area contributed by atoms with Gasteiger partial charge in [0.25, 0.3) is 0 Å². The van der Waals surface area contributed by atoms with Crippen molar-refractivity contribution in [3.05, 3.63) is 11.1 Å². The van der Waals surface area contributed by atoms with Gasteiger partial charge in [0, 0.05) is 6.07 Å². The molecule has 0 saturated heterocycles. The monoisotopic (exact) mass is 203 g/mol. The quantitative estimate of drug-likeness (QED) is 0.567. The molecule has 0 saturated carbocycles. The lowest BCUT2D eigenvalue weighted by Gasteiger charge is -2.11. The van der Waals surface area contributed by atoms with Crippen molar-refractivity contribution in [3.8, 4) is 17.2 Å². The highest BCUT2D eigenvalue weighted by Crippen LogP contribution is 2.43. The second kappa shape index (κ2) is 3.62. The number of anilines is 1. The number of ether oxygens (including phenoxy) is 2. The summed E-state index contributed by atoms with van der Waals surface area (Å²) in [5.74, 6) is 0.432. The number of halogens is 1. The summed E-state index contributed by atoms with van der Waals surface area (Å²) in [6.07, 6.45) is 0. The molecule has 0 heterocycles.